The average molecular weight is 314 g/mol. The normalized spacial score (nSPS) is 15.1. The van der Waals surface area contributed by atoms with Crippen molar-refractivity contribution in [2.24, 2.45) is 0 Å². The molecule has 3 rings (SSSR count). The molecule has 0 spiro atoms. The van der Waals surface area contributed by atoms with Gasteiger partial charge in [0.2, 0.25) is 0 Å². The monoisotopic (exact) mass is 314 g/mol. The van der Waals surface area contributed by atoms with Crippen molar-refractivity contribution in [2.75, 3.05) is 16.9 Å². The Hall–Kier alpha value is -2.47. The van der Waals surface area contributed by atoms with E-state index in [4.69, 9.17) is 5.73 Å². The minimum absolute atomic E-state index is 0.286. The first kappa shape index (κ1) is 14.5. The standard InChI is InChI=1S/C16H14N2O3S/c1-9-7-10(17)3-6-14(9)18-15(19)12-5-4-11(22(2)21)8-13(12)16(18)20/h3-8H,17H2,1-2H3. The van der Waals surface area contributed by atoms with Crippen molar-refractivity contribution in [3.63, 3.8) is 0 Å². The lowest BCUT2D eigenvalue weighted by Crippen LogP contribution is -2.30. The van der Waals surface area contributed by atoms with Gasteiger partial charge in [0.1, 0.15) is 0 Å². The van der Waals surface area contributed by atoms with Gasteiger partial charge in [-0.1, -0.05) is 0 Å². The Kier molecular flexibility index (Phi) is 3.33. The van der Waals surface area contributed by atoms with Crippen LogP contribution < -0.4 is 10.6 Å². The number of carbonyl (C=O) groups excluding carboxylic acids is 2. The third-order valence-corrected chi connectivity index (χ3v) is 4.57. The summed E-state index contributed by atoms with van der Waals surface area (Å²) in [5.74, 6) is -0.776. The number of benzene rings is 2. The Labute approximate surface area is 130 Å². The van der Waals surface area contributed by atoms with Gasteiger partial charge in [0.05, 0.1) is 16.8 Å². The molecule has 0 aromatic heterocycles. The van der Waals surface area contributed by atoms with Gasteiger partial charge in [-0.05, 0) is 48.9 Å². The van der Waals surface area contributed by atoms with E-state index in [1.54, 1.807) is 37.3 Å². The summed E-state index contributed by atoms with van der Waals surface area (Å²) < 4.78 is 11.6. The Morgan fingerprint density at radius 3 is 2.32 bits per heavy atom. The van der Waals surface area contributed by atoms with Crippen molar-refractivity contribution in [3.8, 4) is 0 Å². The number of nitrogens with zero attached hydrogens (tertiary/aromatic N) is 1. The molecule has 1 atom stereocenters. The zero-order chi connectivity index (χ0) is 16.0. The molecule has 0 saturated heterocycles. The highest BCUT2D eigenvalue weighted by molar-refractivity contribution is 7.84. The van der Waals surface area contributed by atoms with Crippen LogP contribution in [0.15, 0.2) is 41.3 Å². The Balaban J connectivity index is 2.12. The first-order valence-electron chi connectivity index (χ1n) is 6.62. The van der Waals surface area contributed by atoms with Crippen LogP contribution in [0.25, 0.3) is 0 Å². The van der Waals surface area contributed by atoms with Crippen molar-refractivity contribution in [2.45, 2.75) is 11.8 Å². The lowest BCUT2D eigenvalue weighted by atomic mass is 10.1. The van der Waals surface area contributed by atoms with Crippen LogP contribution in [-0.4, -0.2) is 22.3 Å². The minimum Gasteiger partial charge on any atom is -0.399 e. The predicted molar refractivity (Wildman–Crippen MR) is 85.5 cm³/mol. The molecule has 1 unspecified atom stereocenters. The molecule has 1 aliphatic rings. The third-order valence-electron chi connectivity index (χ3n) is 3.65. The highest BCUT2D eigenvalue weighted by Crippen LogP contribution is 2.32. The van der Waals surface area contributed by atoms with Gasteiger partial charge in [0, 0.05) is 27.6 Å². The van der Waals surface area contributed by atoms with Crippen LogP contribution in [0.1, 0.15) is 26.3 Å². The third kappa shape index (κ3) is 2.12. The molecule has 112 valence electrons. The summed E-state index contributed by atoms with van der Waals surface area (Å²) in [6.45, 7) is 1.79. The first-order valence-corrected chi connectivity index (χ1v) is 8.18. The van der Waals surface area contributed by atoms with Crippen molar-refractivity contribution >= 4 is 34.0 Å². The number of hydrogen-bond donors (Lipinski definition) is 1. The van der Waals surface area contributed by atoms with Gasteiger partial charge >= 0.3 is 0 Å². The number of nitrogen functional groups attached to an aromatic ring is 1. The number of aryl methyl sites for hydroxylation is 1. The van der Waals surface area contributed by atoms with Crippen molar-refractivity contribution in [1.82, 2.24) is 0 Å². The molecule has 0 fully saturated rings. The number of nitrogens with two attached hydrogens (primary N) is 1. The lowest BCUT2D eigenvalue weighted by Gasteiger charge is -2.16. The smallest absolute Gasteiger partial charge is 0.266 e. The number of amides is 2. The Morgan fingerprint density at radius 1 is 1.00 bits per heavy atom. The molecule has 0 saturated carbocycles. The molecule has 0 radical (unpaired) electrons. The molecule has 5 nitrogen and oxygen atoms in total. The van der Waals surface area contributed by atoms with E-state index in [-0.39, 0.29) is 11.5 Å². The van der Waals surface area contributed by atoms with Crippen molar-refractivity contribution in [3.05, 3.63) is 53.1 Å². The largest absolute Gasteiger partial charge is 0.399 e. The minimum atomic E-state index is -1.21. The van der Waals surface area contributed by atoms with Crippen LogP contribution in [0.3, 0.4) is 0 Å². The molecular weight excluding hydrogens is 300 g/mol. The van der Waals surface area contributed by atoms with E-state index in [2.05, 4.69) is 0 Å². The van der Waals surface area contributed by atoms with Crippen LogP contribution >= 0.6 is 0 Å². The highest BCUT2D eigenvalue weighted by atomic mass is 32.2. The molecule has 0 aliphatic carbocycles. The fourth-order valence-electron chi connectivity index (χ4n) is 2.55. The van der Waals surface area contributed by atoms with Crippen LogP contribution in [0.4, 0.5) is 11.4 Å². The molecule has 2 N–H and O–H groups in total. The lowest BCUT2D eigenvalue weighted by molar-refractivity contribution is 0.0926. The fraction of sp³-hybridized carbons (Fsp3) is 0.125. The van der Waals surface area contributed by atoms with Crippen molar-refractivity contribution in [1.29, 1.82) is 0 Å². The van der Waals surface area contributed by atoms with Crippen LogP contribution in [-0.2, 0) is 10.8 Å². The second-order valence-electron chi connectivity index (χ2n) is 5.15. The van der Waals surface area contributed by atoms with E-state index in [0.717, 1.165) is 10.5 Å². The number of fused-ring (bicyclic) bond motifs is 1. The van der Waals surface area contributed by atoms with Gasteiger partial charge < -0.3 is 5.73 Å². The molecule has 2 aromatic carbocycles. The van der Waals surface area contributed by atoms with E-state index in [1.807, 2.05) is 0 Å². The van der Waals surface area contributed by atoms with Gasteiger partial charge in [-0.2, -0.15) is 0 Å². The predicted octanol–water partition coefficient (Wildman–Crippen LogP) is 2.12. The SMILES string of the molecule is Cc1cc(N)ccc1N1C(=O)c2ccc(S(C)=O)cc2C1=O. The fourth-order valence-corrected chi connectivity index (χ4v) is 3.09. The summed E-state index contributed by atoms with van der Waals surface area (Å²) in [5, 5.41) is 0. The van der Waals surface area contributed by atoms with E-state index in [9.17, 15) is 13.8 Å². The number of hydrogen-bond acceptors (Lipinski definition) is 4. The van der Waals surface area contributed by atoms with E-state index >= 15 is 0 Å². The summed E-state index contributed by atoms with van der Waals surface area (Å²) >= 11 is 0. The van der Waals surface area contributed by atoms with E-state index < -0.39 is 16.7 Å². The zero-order valence-electron chi connectivity index (χ0n) is 12.1. The topological polar surface area (TPSA) is 80.5 Å². The molecule has 2 amide bonds. The summed E-state index contributed by atoms with van der Waals surface area (Å²) in [6, 6.07) is 9.71. The van der Waals surface area contributed by atoms with Gasteiger partial charge in [-0.25, -0.2) is 4.90 Å². The van der Waals surface area contributed by atoms with E-state index in [0.29, 0.717) is 21.8 Å². The first-order chi connectivity index (χ1) is 10.4. The summed E-state index contributed by atoms with van der Waals surface area (Å²) in [6.07, 6.45) is 1.53. The number of imide groups is 1. The van der Waals surface area contributed by atoms with Gasteiger partial charge in [-0.15, -0.1) is 0 Å². The second kappa shape index (κ2) is 5.06. The van der Waals surface area contributed by atoms with Gasteiger partial charge in [0.25, 0.3) is 11.8 Å². The van der Waals surface area contributed by atoms with Crippen LogP contribution in [0.5, 0.6) is 0 Å². The van der Waals surface area contributed by atoms with Gasteiger partial charge in [-0.3, -0.25) is 13.8 Å². The zero-order valence-corrected chi connectivity index (χ0v) is 12.9. The Morgan fingerprint density at radius 2 is 1.68 bits per heavy atom. The summed E-state index contributed by atoms with van der Waals surface area (Å²) in [5.41, 5.74) is 8.15. The number of carbonyl (C=O) groups is 2. The Bertz CT molecular complexity index is 845. The molecule has 6 heteroatoms. The number of rotatable bonds is 2. The van der Waals surface area contributed by atoms with Crippen molar-refractivity contribution < 1.29 is 13.8 Å². The molecule has 2 aromatic rings. The molecule has 1 aliphatic heterocycles. The maximum Gasteiger partial charge on any atom is 0.266 e. The second-order valence-corrected chi connectivity index (χ2v) is 6.53. The molecular formula is C16H14N2O3S. The average Bonchev–Trinajstić information content (AvgIpc) is 2.71. The maximum atomic E-state index is 12.6. The maximum absolute atomic E-state index is 12.6. The summed E-state index contributed by atoms with van der Waals surface area (Å²) in [7, 11) is -1.21. The molecule has 0 bridgehead atoms. The molecule has 1 heterocycles. The molecule has 22 heavy (non-hydrogen) atoms. The van der Waals surface area contributed by atoms with Crippen LogP contribution in [0, 0.1) is 6.92 Å². The van der Waals surface area contributed by atoms with Crippen LogP contribution in [0.2, 0.25) is 0 Å². The summed E-state index contributed by atoms with van der Waals surface area (Å²) in [4.78, 5) is 26.8. The van der Waals surface area contributed by atoms with Gasteiger partial charge in [0.15, 0.2) is 0 Å². The highest BCUT2D eigenvalue weighted by Gasteiger charge is 2.37. The van der Waals surface area contributed by atoms with E-state index in [1.165, 1.54) is 12.3 Å². The number of anilines is 2. The quantitative estimate of drug-likeness (QED) is 0.680.